The zero-order valence-corrected chi connectivity index (χ0v) is 13.9. The van der Waals surface area contributed by atoms with Crippen LogP contribution in [0.15, 0.2) is 28.9 Å². The van der Waals surface area contributed by atoms with Crippen LogP contribution < -0.4 is 5.32 Å². The number of aryl methyl sites for hydroxylation is 2. The van der Waals surface area contributed by atoms with Crippen LogP contribution in [0, 0.1) is 6.92 Å². The fraction of sp³-hybridized carbons (Fsp3) is 0.400. The first-order chi connectivity index (χ1) is 9.10. The molecule has 1 N–H and O–H groups in total. The lowest BCUT2D eigenvalue weighted by Crippen LogP contribution is -2.17. The molecule has 0 bridgehead atoms. The van der Waals surface area contributed by atoms with Crippen LogP contribution in [0.1, 0.15) is 40.9 Å². The van der Waals surface area contributed by atoms with Gasteiger partial charge in [0.1, 0.15) is 5.01 Å². The maximum atomic E-state index is 4.48. The summed E-state index contributed by atoms with van der Waals surface area (Å²) in [5, 5.41) is 4.70. The molecule has 0 spiro atoms. The van der Waals surface area contributed by atoms with Crippen LogP contribution in [0.3, 0.4) is 0 Å². The molecule has 2 nitrogen and oxygen atoms in total. The van der Waals surface area contributed by atoms with Gasteiger partial charge in [-0.2, -0.15) is 0 Å². The molecule has 4 heteroatoms. The molecular formula is C15H19BrN2S. The highest BCUT2D eigenvalue weighted by molar-refractivity contribution is 9.10. The molecule has 1 heterocycles. The van der Waals surface area contributed by atoms with Gasteiger partial charge in [0, 0.05) is 22.1 Å². The van der Waals surface area contributed by atoms with Crippen LogP contribution in [-0.2, 0) is 13.0 Å². The molecule has 0 amide bonds. The molecule has 102 valence electrons. The van der Waals surface area contributed by atoms with Crippen molar-refractivity contribution in [2.24, 2.45) is 0 Å². The summed E-state index contributed by atoms with van der Waals surface area (Å²) in [5.74, 6) is 0. The third kappa shape index (κ3) is 3.88. The first-order valence-corrected chi connectivity index (χ1v) is 8.14. The molecule has 2 aromatic rings. The zero-order chi connectivity index (χ0) is 13.8. The number of nitrogens with one attached hydrogen (secondary N) is 1. The zero-order valence-electron chi connectivity index (χ0n) is 11.5. The molecule has 0 aliphatic rings. The van der Waals surface area contributed by atoms with Crippen LogP contribution in [0.5, 0.6) is 0 Å². The third-order valence-electron chi connectivity index (χ3n) is 3.14. The Morgan fingerprint density at radius 2 is 2.21 bits per heavy atom. The number of nitrogens with zero attached hydrogens (tertiary/aromatic N) is 1. The predicted molar refractivity (Wildman–Crippen MR) is 85.6 cm³/mol. The van der Waals surface area contributed by atoms with Gasteiger partial charge in [0.25, 0.3) is 0 Å². The molecular weight excluding hydrogens is 320 g/mol. The maximum Gasteiger partial charge on any atom is 0.109 e. The van der Waals surface area contributed by atoms with Gasteiger partial charge in [-0.1, -0.05) is 35.0 Å². The number of hydrogen-bond acceptors (Lipinski definition) is 3. The Kier molecular flexibility index (Phi) is 5.13. The SMILES string of the molecule is CCc1cnc(C(C)NCc2ccc(C)c(Br)c2)s1. The third-order valence-corrected chi connectivity index (χ3v) is 5.32. The summed E-state index contributed by atoms with van der Waals surface area (Å²) >= 11 is 5.37. The summed E-state index contributed by atoms with van der Waals surface area (Å²) < 4.78 is 1.17. The lowest BCUT2D eigenvalue weighted by Gasteiger charge is -2.11. The molecule has 1 aromatic heterocycles. The highest BCUT2D eigenvalue weighted by Crippen LogP contribution is 2.21. The quantitative estimate of drug-likeness (QED) is 0.859. The van der Waals surface area contributed by atoms with Crippen molar-refractivity contribution in [1.82, 2.24) is 10.3 Å². The van der Waals surface area contributed by atoms with Crippen LogP contribution in [0.4, 0.5) is 0 Å². The number of thiazole rings is 1. The standard InChI is InChI=1S/C15H19BrN2S/c1-4-13-9-18-15(19-13)11(3)17-8-12-6-5-10(2)14(16)7-12/h5-7,9,11,17H,4,8H2,1-3H3. The minimum Gasteiger partial charge on any atom is -0.304 e. The van der Waals surface area contributed by atoms with Gasteiger partial charge in [0.15, 0.2) is 0 Å². The number of halogens is 1. The van der Waals surface area contributed by atoms with Crippen molar-refractivity contribution in [2.75, 3.05) is 0 Å². The number of benzene rings is 1. The number of aromatic nitrogens is 1. The van der Waals surface area contributed by atoms with Gasteiger partial charge in [0.2, 0.25) is 0 Å². The normalized spacial score (nSPS) is 12.6. The molecule has 19 heavy (non-hydrogen) atoms. The van der Waals surface area contributed by atoms with E-state index in [2.05, 4.69) is 65.2 Å². The summed E-state index contributed by atoms with van der Waals surface area (Å²) in [6.07, 6.45) is 3.05. The van der Waals surface area contributed by atoms with E-state index in [0.717, 1.165) is 13.0 Å². The lowest BCUT2D eigenvalue weighted by atomic mass is 10.1. The molecule has 0 saturated carbocycles. The monoisotopic (exact) mass is 338 g/mol. The van der Waals surface area contributed by atoms with E-state index in [1.165, 1.54) is 25.5 Å². The predicted octanol–water partition coefficient (Wildman–Crippen LogP) is 4.63. The minimum atomic E-state index is 0.297. The van der Waals surface area contributed by atoms with E-state index in [0.29, 0.717) is 6.04 Å². The van der Waals surface area contributed by atoms with Crippen molar-refractivity contribution in [3.8, 4) is 0 Å². The Labute approximate surface area is 127 Å². The second-order valence-corrected chi connectivity index (χ2v) is 6.71. The van der Waals surface area contributed by atoms with Crippen LogP contribution >= 0.6 is 27.3 Å². The second kappa shape index (κ2) is 6.64. The first-order valence-electron chi connectivity index (χ1n) is 6.53. The van der Waals surface area contributed by atoms with Crippen molar-refractivity contribution < 1.29 is 0 Å². The molecule has 1 aromatic carbocycles. The van der Waals surface area contributed by atoms with Crippen molar-refractivity contribution in [2.45, 2.75) is 39.8 Å². The fourth-order valence-corrected chi connectivity index (χ4v) is 3.10. The Hall–Kier alpha value is -0.710. The van der Waals surface area contributed by atoms with Crippen molar-refractivity contribution in [3.63, 3.8) is 0 Å². The molecule has 1 unspecified atom stereocenters. The Morgan fingerprint density at radius 3 is 2.84 bits per heavy atom. The average molecular weight is 339 g/mol. The van der Waals surface area contributed by atoms with Gasteiger partial charge in [0.05, 0.1) is 6.04 Å². The number of rotatable bonds is 5. The van der Waals surface area contributed by atoms with E-state index in [4.69, 9.17) is 0 Å². The largest absolute Gasteiger partial charge is 0.304 e. The molecule has 0 aliphatic heterocycles. The van der Waals surface area contributed by atoms with E-state index >= 15 is 0 Å². The molecule has 0 radical (unpaired) electrons. The number of hydrogen-bond donors (Lipinski definition) is 1. The molecule has 2 rings (SSSR count). The topological polar surface area (TPSA) is 24.9 Å². The van der Waals surface area contributed by atoms with E-state index in [1.54, 1.807) is 11.3 Å². The Bertz CT molecular complexity index is 551. The van der Waals surface area contributed by atoms with Gasteiger partial charge >= 0.3 is 0 Å². The molecule has 1 atom stereocenters. The summed E-state index contributed by atoms with van der Waals surface area (Å²) in [6.45, 7) is 7.30. The summed E-state index contributed by atoms with van der Waals surface area (Å²) in [6, 6.07) is 6.78. The minimum absolute atomic E-state index is 0.297. The van der Waals surface area contributed by atoms with Gasteiger partial charge in [-0.3, -0.25) is 0 Å². The van der Waals surface area contributed by atoms with E-state index in [9.17, 15) is 0 Å². The fourth-order valence-electron chi connectivity index (χ4n) is 1.79. The van der Waals surface area contributed by atoms with E-state index in [1.807, 2.05) is 6.20 Å². The summed E-state index contributed by atoms with van der Waals surface area (Å²) in [4.78, 5) is 5.83. The summed E-state index contributed by atoms with van der Waals surface area (Å²) in [7, 11) is 0. The van der Waals surface area contributed by atoms with E-state index < -0.39 is 0 Å². The van der Waals surface area contributed by atoms with Gasteiger partial charge in [-0.25, -0.2) is 4.98 Å². The first kappa shape index (κ1) is 14.7. The van der Waals surface area contributed by atoms with Gasteiger partial charge in [-0.15, -0.1) is 11.3 Å². The van der Waals surface area contributed by atoms with Crippen LogP contribution in [0.2, 0.25) is 0 Å². The van der Waals surface area contributed by atoms with Crippen LogP contribution in [0.25, 0.3) is 0 Å². The van der Waals surface area contributed by atoms with Crippen molar-refractivity contribution in [3.05, 3.63) is 49.9 Å². The Balaban J connectivity index is 1.95. The van der Waals surface area contributed by atoms with Crippen molar-refractivity contribution >= 4 is 27.3 Å². The smallest absolute Gasteiger partial charge is 0.109 e. The van der Waals surface area contributed by atoms with E-state index in [-0.39, 0.29) is 0 Å². The average Bonchev–Trinajstić information content (AvgIpc) is 2.88. The Morgan fingerprint density at radius 1 is 1.42 bits per heavy atom. The van der Waals surface area contributed by atoms with Gasteiger partial charge in [-0.05, 0) is 37.5 Å². The highest BCUT2D eigenvalue weighted by atomic mass is 79.9. The summed E-state index contributed by atoms with van der Waals surface area (Å²) in [5.41, 5.74) is 2.56. The highest BCUT2D eigenvalue weighted by Gasteiger charge is 2.09. The molecule has 0 fully saturated rings. The van der Waals surface area contributed by atoms with Crippen LogP contribution in [-0.4, -0.2) is 4.98 Å². The molecule has 0 aliphatic carbocycles. The lowest BCUT2D eigenvalue weighted by molar-refractivity contribution is 0.571. The van der Waals surface area contributed by atoms with Gasteiger partial charge < -0.3 is 5.32 Å². The van der Waals surface area contributed by atoms with Crippen molar-refractivity contribution in [1.29, 1.82) is 0 Å². The second-order valence-electron chi connectivity index (χ2n) is 4.70. The molecule has 0 saturated heterocycles. The maximum absolute atomic E-state index is 4.48.